The molecule has 0 radical (unpaired) electrons. The average Bonchev–Trinajstić information content (AvgIpc) is 2.89. The molecule has 0 aliphatic carbocycles. The van der Waals surface area contributed by atoms with Gasteiger partial charge in [0.25, 0.3) is 5.91 Å². The normalized spacial score (nSPS) is 15.6. The monoisotopic (exact) mass is 464 g/mol. The van der Waals surface area contributed by atoms with Gasteiger partial charge < -0.3 is 14.5 Å². The topological polar surface area (TPSA) is 66.9 Å². The lowest BCUT2D eigenvalue weighted by atomic mass is 9.98. The molecule has 0 N–H and O–H groups in total. The minimum Gasteiger partial charge on any atom is -0.466 e. The zero-order valence-corrected chi connectivity index (χ0v) is 20.4. The van der Waals surface area contributed by atoms with E-state index in [1.807, 2.05) is 54.6 Å². The van der Waals surface area contributed by atoms with Crippen LogP contribution in [0.1, 0.15) is 54.6 Å². The van der Waals surface area contributed by atoms with Gasteiger partial charge in [0.05, 0.1) is 12.5 Å². The third-order valence-corrected chi connectivity index (χ3v) is 6.40. The highest BCUT2D eigenvalue weighted by Gasteiger charge is 2.29. The summed E-state index contributed by atoms with van der Waals surface area (Å²) in [6.45, 7) is 6.15. The first-order valence-electron chi connectivity index (χ1n) is 12.4. The number of hydrogen-bond acceptors (Lipinski definition) is 4. The number of aryl methyl sites for hydroxylation is 1. The fourth-order valence-corrected chi connectivity index (χ4v) is 4.33. The lowest BCUT2D eigenvalue weighted by Gasteiger charge is -2.32. The molecule has 1 saturated heterocycles. The van der Waals surface area contributed by atoms with E-state index in [0.29, 0.717) is 38.3 Å². The van der Waals surface area contributed by atoms with Gasteiger partial charge in [-0.1, -0.05) is 49.4 Å². The predicted molar refractivity (Wildman–Crippen MR) is 132 cm³/mol. The SMILES string of the molecule is CCOC(=O)C1CCCN(C(=O)CCN(CCc2ccccc2)C(=O)c2ccc(CC)cc2)C1. The highest BCUT2D eigenvalue weighted by Crippen LogP contribution is 2.19. The average molecular weight is 465 g/mol. The van der Waals surface area contributed by atoms with Crippen LogP contribution < -0.4 is 0 Å². The molecule has 1 aliphatic rings. The molecule has 0 bridgehead atoms. The van der Waals surface area contributed by atoms with Crippen LogP contribution in [0.5, 0.6) is 0 Å². The van der Waals surface area contributed by atoms with Crippen molar-refractivity contribution in [1.29, 1.82) is 0 Å². The van der Waals surface area contributed by atoms with E-state index >= 15 is 0 Å². The van der Waals surface area contributed by atoms with E-state index in [0.717, 1.165) is 31.2 Å². The number of carbonyl (C=O) groups is 3. The van der Waals surface area contributed by atoms with Gasteiger partial charge in [0.1, 0.15) is 0 Å². The summed E-state index contributed by atoms with van der Waals surface area (Å²) in [5.41, 5.74) is 2.98. The molecule has 6 heteroatoms. The van der Waals surface area contributed by atoms with Crippen LogP contribution in [0.25, 0.3) is 0 Å². The number of benzene rings is 2. The summed E-state index contributed by atoms with van der Waals surface area (Å²) in [7, 11) is 0. The van der Waals surface area contributed by atoms with Gasteiger partial charge in [-0.25, -0.2) is 0 Å². The minimum atomic E-state index is -0.259. The maximum atomic E-state index is 13.3. The van der Waals surface area contributed by atoms with E-state index in [1.165, 1.54) is 5.56 Å². The first-order valence-corrected chi connectivity index (χ1v) is 12.4. The molecule has 1 atom stereocenters. The van der Waals surface area contributed by atoms with E-state index in [9.17, 15) is 14.4 Å². The highest BCUT2D eigenvalue weighted by atomic mass is 16.5. The molecule has 0 aromatic heterocycles. The molecular formula is C28H36N2O4. The number of esters is 1. The number of nitrogens with zero attached hydrogens (tertiary/aromatic N) is 2. The number of carbonyl (C=O) groups excluding carboxylic acids is 3. The highest BCUT2D eigenvalue weighted by molar-refractivity contribution is 5.94. The third kappa shape index (κ3) is 7.17. The third-order valence-electron chi connectivity index (χ3n) is 6.40. The minimum absolute atomic E-state index is 0.0205. The zero-order chi connectivity index (χ0) is 24.3. The quantitative estimate of drug-likeness (QED) is 0.496. The van der Waals surface area contributed by atoms with E-state index in [-0.39, 0.29) is 30.1 Å². The second-order valence-corrected chi connectivity index (χ2v) is 8.76. The van der Waals surface area contributed by atoms with Gasteiger partial charge in [0, 0.05) is 38.2 Å². The predicted octanol–water partition coefficient (Wildman–Crippen LogP) is 4.13. The summed E-state index contributed by atoms with van der Waals surface area (Å²) < 4.78 is 5.15. The van der Waals surface area contributed by atoms with E-state index in [4.69, 9.17) is 4.74 Å². The molecule has 2 amide bonds. The second kappa shape index (κ2) is 12.9. The largest absolute Gasteiger partial charge is 0.466 e. The van der Waals surface area contributed by atoms with Crippen LogP contribution in [0.3, 0.4) is 0 Å². The molecule has 6 nitrogen and oxygen atoms in total. The van der Waals surface area contributed by atoms with Crippen LogP contribution in [-0.2, 0) is 27.2 Å². The number of rotatable bonds is 10. The van der Waals surface area contributed by atoms with Crippen LogP contribution in [0.15, 0.2) is 54.6 Å². The number of amides is 2. The van der Waals surface area contributed by atoms with Crippen molar-refractivity contribution in [1.82, 2.24) is 9.80 Å². The van der Waals surface area contributed by atoms with E-state index in [1.54, 1.807) is 16.7 Å². The van der Waals surface area contributed by atoms with Crippen molar-refractivity contribution in [2.24, 2.45) is 5.92 Å². The lowest BCUT2D eigenvalue weighted by molar-refractivity contribution is -0.151. The van der Waals surface area contributed by atoms with Crippen molar-refractivity contribution in [2.75, 3.05) is 32.8 Å². The lowest BCUT2D eigenvalue weighted by Crippen LogP contribution is -2.44. The van der Waals surface area contributed by atoms with Crippen LogP contribution >= 0.6 is 0 Å². The van der Waals surface area contributed by atoms with Crippen molar-refractivity contribution in [2.45, 2.75) is 46.0 Å². The summed E-state index contributed by atoms with van der Waals surface area (Å²) >= 11 is 0. The van der Waals surface area contributed by atoms with Crippen molar-refractivity contribution < 1.29 is 19.1 Å². The zero-order valence-electron chi connectivity index (χ0n) is 20.4. The van der Waals surface area contributed by atoms with E-state index in [2.05, 4.69) is 6.92 Å². The summed E-state index contributed by atoms with van der Waals surface area (Å²) in [4.78, 5) is 41.9. The summed E-state index contributed by atoms with van der Waals surface area (Å²) in [6, 6.07) is 17.8. The van der Waals surface area contributed by atoms with Crippen LogP contribution in [0, 0.1) is 5.92 Å². The Balaban J connectivity index is 1.64. The summed E-state index contributed by atoms with van der Waals surface area (Å²) in [5.74, 6) is -0.567. The fraction of sp³-hybridized carbons (Fsp3) is 0.464. The Hall–Kier alpha value is -3.15. The number of ether oxygens (including phenoxy) is 1. The Bertz CT molecular complexity index is 943. The molecule has 1 aliphatic heterocycles. The Labute approximate surface area is 202 Å². The smallest absolute Gasteiger partial charge is 0.310 e. The molecule has 182 valence electrons. The second-order valence-electron chi connectivity index (χ2n) is 8.76. The van der Waals surface area contributed by atoms with Crippen LogP contribution in [0.2, 0.25) is 0 Å². The van der Waals surface area contributed by atoms with Gasteiger partial charge >= 0.3 is 5.97 Å². The first-order chi connectivity index (χ1) is 16.5. The van der Waals surface area contributed by atoms with Crippen molar-refractivity contribution >= 4 is 17.8 Å². The molecular weight excluding hydrogens is 428 g/mol. The number of piperidine rings is 1. The van der Waals surface area contributed by atoms with Crippen molar-refractivity contribution in [3.05, 3.63) is 71.3 Å². The van der Waals surface area contributed by atoms with Crippen molar-refractivity contribution in [3.8, 4) is 0 Å². The molecule has 1 unspecified atom stereocenters. The van der Waals surface area contributed by atoms with Gasteiger partial charge in [0.2, 0.25) is 5.91 Å². The molecule has 34 heavy (non-hydrogen) atoms. The summed E-state index contributed by atoms with van der Waals surface area (Å²) in [5, 5.41) is 0. The molecule has 3 rings (SSSR count). The van der Waals surface area contributed by atoms with Crippen LogP contribution in [0.4, 0.5) is 0 Å². The molecule has 2 aromatic rings. The van der Waals surface area contributed by atoms with Crippen molar-refractivity contribution in [3.63, 3.8) is 0 Å². The standard InChI is InChI=1S/C28H36N2O4/c1-3-22-12-14-24(15-13-22)27(32)29(19-16-23-9-6-5-7-10-23)20-17-26(31)30-18-8-11-25(21-30)28(33)34-4-2/h5-7,9-10,12-15,25H,3-4,8,11,16-21H2,1-2H3. The molecule has 0 spiro atoms. The van der Waals surface area contributed by atoms with Gasteiger partial charge in [-0.2, -0.15) is 0 Å². The summed E-state index contributed by atoms with van der Waals surface area (Å²) in [6.07, 6.45) is 3.42. The maximum Gasteiger partial charge on any atom is 0.310 e. The number of likely N-dealkylation sites (tertiary alicyclic amines) is 1. The first kappa shape index (κ1) is 25.5. The Morgan fingerprint density at radius 1 is 0.971 bits per heavy atom. The maximum absolute atomic E-state index is 13.3. The Morgan fingerprint density at radius 3 is 2.38 bits per heavy atom. The molecule has 1 fully saturated rings. The van der Waals surface area contributed by atoms with Crippen LogP contribution in [-0.4, -0.2) is 60.4 Å². The van der Waals surface area contributed by atoms with Gasteiger partial charge in [-0.15, -0.1) is 0 Å². The molecule has 0 saturated carbocycles. The fourth-order valence-electron chi connectivity index (χ4n) is 4.33. The van der Waals surface area contributed by atoms with Gasteiger partial charge in [-0.3, -0.25) is 14.4 Å². The Morgan fingerprint density at radius 2 is 1.71 bits per heavy atom. The van der Waals surface area contributed by atoms with Gasteiger partial charge in [0.15, 0.2) is 0 Å². The van der Waals surface area contributed by atoms with E-state index < -0.39 is 0 Å². The Kier molecular flexibility index (Phi) is 9.68. The molecule has 2 aromatic carbocycles. The molecule has 1 heterocycles. The van der Waals surface area contributed by atoms with Gasteiger partial charge in [-0.05, 0) is 55.9 Å². The number of hydrogen-bond donors (Lipinski definition) is 0.